The maximum Gasteiger partial charge on any atom is 0.303 e. The van der Waals surface area contributed by atoms with Gasteiger partial charge in [0.05, 0.1) is 11.4 Å². The third-order valence-corrected chi connectivity index (χ3v) is 2.33. The van der Waals surface area contributed by atoms with Crippen LogP contribution in [0.15, 0.2) is 12.1 Å². The minimum absolute atomic E-state index is 0.00866. The first-order valence-corrected chi connectivity index (χ1v) is 5.51. The van der Waals surface area contributed by atoms with Crippen molar-refractivity contribution in [1.29, 1.82) is 0 Å². The Morgan fingerprint density at radius 3 is 2.71 bits per heavy atom. The molecule has 0 fully saturated rings. The van der Waals surface area contributed by atoms with Crippen molar-refractivity contribution in [3.8, 4) is 0 Å². The normalized spacial score (nSPS) is 10.0. The number of halogens is 1. The van der Waals surface area contributed by atoms with Gasteiger partial charge >= 0.3 is 5.97 Å². The first-order chi connectivity index (χ1) is 7.99. The van der Waals surface area contributed by atoms with E-state index < -0.39 is 5.97 Å². The summed E-state index contributed by atoms with van der Waals surface area (Å²) >= 11 is 5.68. The SMILES string of the molecule is Cc1nc(Cl)ccc1NC(=O)CCCC(=O)O. The molecule has 1 heterocycles. The van der Waals surface area contributed by atoms with Crippen LogP contribution in [0.5, 0.6) is 0 Å². The fourth-order valence-electron chi connectivity index (χ4n) is 1.28. The first kappa shape index (κ1) is 13.4. The lowest BCUT2D eigenvalue weighted by Crippen LogP contribution is -2.13. The molecular weight excluding hydrogens is 244 g/mol. The molecular formula is C11H13ClN2O3. The van der Waals surface area contributed by atoms with E-state index in [9.17, 15) is 9.59 Å². The van der Waals surface area contributed by atoms with Crippen molar-refractivity contribution in [3.63, 3.8) is 0 Å². The van der Waals surface area contributed by atoms with Gasteiger partial charge in [-0.05, 0) is 25.5 Å². The van der Waals surface area contributed by atoms with Crippen molar-refractivity contribution >= 4 is 29.2 Å². The highest BCUT2D eigenvalue weighted by Crippen LogP contribution is 2.16. The number of carbonyl (C=O) groups excluding carboxylic acids is 1. The van der Waals surface area contributed by atoms with E-state index in [4.69, 9.17) is 16.7 Å². The largest absolute Gasteiger partial charge is 0.481 e. The molecule has 17 heavy (non-hydrogen) atoms. The van der Waals surface area contributed by atoms with E-state index in [0.29, 0.717) is 23.0 Å². The van der Waals surface area contributed by atoms with Crippen LogP contribution in [0.1, 0.15) is 25.0 Å². The second kappa shape index (κ2) is 6.20. The van der Waals surface area contributed by atoms with E-state index in [-0.39, 0.29) is 18.7 Å². The predicted octanol–water partition coefficient (Wildman–Crippen LogP) is 2.24. The molecule has 0 aliphatic rings. The van der Waals surface area contributed by atoms with Crippen molar-refractivity contribution < 1.29 is 14.7 Å². The van der Waals surface area contributed by atoms with Crippen LogP contribution in [0.25, 0.3) is 0 Å². The molecule has 0 aliphatic carbocycles. The van der Waals surface area contributed by atoms with Gasteiger partial charge in [-0.3, -0.25) is 9.59 Å². The Morgan fingerprint density at radius 1 is 1.41 bits per heavy atom. The number of aliphatic carboxylic acids is 1. The number of hydrogen-bond donors (Lipinski definition) is 2. The zero-order valence-electron chi connectivity index (χ0n) is 9.36. The summed E-state index contributed by atoms with van der Waals surface area (Å²) in [5.74, 6) is -1.12. The number of amides is 1. The van der Waals surface area contributed by atoms with Crippen molar-refractivity contribution in [2.45, 2.75) is 26.2 Å². The molecule has 1 rings (SSSR count). The molecule has 1 aromatic heterocycles. The van der Waals surface area contributed by atoms with Crippen LogP contribution in [-0.2, 0) is 9.59 Å². The third kappa shape index (κ3) is 4.82. The van der Waals surface area contributed by atoms with Crippen LogP contribution in [0.2, 0.25) is 5.15 Å². The van der Waals surface area contributed by atoms with E-state index in [1.54, 1.807) is 19.1 Å². The smallest absolute Gasteiger partial charge is 0.303 e. The van der Waals surface area contributed by atoms with Gasteiger partial charge in [-0.25, -0.2) is 4.98 Å². The van der Waals surface area contributed by atoms with Crippen molar-refractivity contribution in [3.05, 3.63) is 23.0 Å². The van der Waals surface area contributed by atoms with Crippen LogP contribution in [0.4, 0.5) is 5.69 Å². The molecule has 1 amide bonds. The molecule has 0 bridgehead atoms. The molecule has 0 aliphatic heterocycles. The lowest BCUT2D eigenvalue weighted by molar-refractivity contribution is -0.137. The minimum atomic E-state index is -0.901. The monoisotopic (exact) mass is 256 g/mol. The number of pyridine rings is 1. The number of aromatic nitrogens is 1. The maximum atomic E-state index is 11.5. The molecule has 2 N–H and O–H groups in total. The van der Waals surface area contributed by atoms with Gasteiger partial charge in [0.15, 0.2) is 0 Å². The molecule has 0 aromatic carbocycles. The number of carboxylic acid groups (broad SMARTS) is 1. The summed E-state index contributed by atoms with van der Waals surface area (Å²) in [6.45, 7) is 1.73. The highest BCUT2D eigenvalue weighted by Gasteiger charge is 2.07. The molecule has 0 saturated heterocycles. The Bertz CT molecular complexity index is 435. The van der Waals surface area contributed by atoms with E-state index in [2.05, 4.69) is 10.3 Å². The Labute approximate surface area is 104 Å². The zero-order valence-corrected chi connectivity index (χ0v) is 10.1. The Kier molecular flexibility index (Phi) is 4.90. The van der Waals surface area contributed by atoms with Gasteiger partial charge in [-0.1, -0.05) is 11.6 Å². The highest BCUT2D eigenvalue weighted by atomic mass is 35.5. The first-order valence-electron chi connectivity index (χ1n) is 5.14. The van der Waals surface area contributed by atoms with Crippen LogP contribution in [-0.4, -0.2) is 22.0 Å². The number of nitrogens with zero attached hydrogens (tertiary/aromatic N) is 1. The van der Waals surface area contributed by atoms with Crippen LogP contribution in [0, 0.1) is 6.92 Å². The van der Waals surface area contributed by atoms with Gasteiger partial charge in [-0.15, -0.1) is 0 Å². The third-order valence-electron chi connectivity index (χ3n) is 2.12. The number of carbonyl (C=O) groups is 2. The summed E-state index contributed by atoms with van der Waals surface area (Å²) in [7, 11) is 0. The fourth-order valence-corrected chi connectivity index (χ4v) is 1.47. The summed E-state index contributed by atoms with van der Waals surface area (Å²) in [5.41, 5.74) is 1.22. The molecule has 0 saturated carbocycles. The van der Waals surface area contributed by atoms with Gasteiger partial charge in [0.25, 0.3) is 0 Å². The standard InChI is InChI=1S/C11H13ClN2O3/c1-7-8(5-6-9(12)13-7)14-10(15)3-2-4-11(16)17/h5-6H,2-4H2,1H3,(H,14,15)(H,16,17). The highest BCUT2D eigenvalue weighted by molar-refractivity contribution is 6.29. The van der Waals surface area contributed by atoms with Crippen molar-refractivity contribution in [1.82, 2.24) is 4.98 Å². The molecule has 5 nitrogen and oxygen atoms in total. The number of anilines is 1. The summed E-state index contributed by atoms with van der Waals surface area (Å²) in [4.78, 5) is 25.7. The summed E-state index contributed by atoms with van der Waals surface area (Å²) < 4.78 is 0. The molecule has 0 unspecified atom stereocenters. The van der Waals surface area contributed by atoms with Gasteiger partial charge in [0.1, 0.15) is 5.15 Å². The zero-order chi connectivity index (χ0) is 12.8. The number of carboxylic acids is 1. The molecule has 0 spiro atoms. The van der Waals surface area contributed by atoms with Crippen LogP contribution < -0.4 is 5.32 Å². The lowest BCUT2D eigenvalue weighted by atomic mass is 10.2. The predicted molar refractivity (Wildman–Crippen MR) is 64.1 cm³/mol. The van der Waals surface area contributed by atoms with Crippen LogP contribution in [0.3, 0.4) is 0 Å². The van der Waals surface area contributed by atoms with E-state index in [0.717, 1.165) is 0 Å². The Balaban J connectivity index is 2.48. The lowest BCUT2D eigenvalue weighted by Gasteiger charge is -2.07. The van der Waals surface area contributed by atoms with E-state index in [1.807, 2.05) is 0 Å². The van der Waals surface area contributed by atoms with Gasteiger partial charge in [-0.2, -0.15) is 0 Å². The topological polar surface area (TPSA) is 79.3 Å². The second-order valence-electron chi connectivity index (χ2n) is 3.56. The summed E-state index contributed by atoms with van der Waals surface area (Å²) in [6.07, 6.45) is 0.487. The van der Waals surface area contributed by atoms with E-state index in [1.165, 1.54) is 0 Å². The summed E-state index contributed by atoms with van der Waals surface area (Å²) in [5, 5.41) is 11.5. The van der Waals surface area contributed by atoms with Gasteiger partial charge in [0.2, 0.25) is 5.91 Å². The average Bonchev–Trinajstić information content (AvgIpc) is 2.21. The molecule has 6 heteroatoms. The van der Waals surface area contributed by atoms with Gasteiger partial charge < -0.3 is 10.4 Å². The van der Waals surface area contributed by atoms with Crippen molar-refractivity contribution in [2.75, 3.05) is 5.32 Å². The number of hydrogen-bond acceptors (Lipinski definition) is 3. The summed E-state index contributed by atoms with van der Waals surface area (Å²) in [6, 6.07) is 3.25. The number of aryl methyl sites for hydroxylation is 1. The molecule has 0 atom stereocenters. The van der Waals surface area contributed by atoms with E-state index >= 15 is 0 Å². The second-order valence-corrected chi connectivity index (χ2v) is 3.95. The molecule has 1 aromatic rings. The van der Waals surface area contributed by atoms with Crippen LogP contribution >= 0.6 is 11.6 Å². The molecule has 92 valence electrons. The van der Waals surface area contributed by atoms with Crippen molar-refractivity contribution in [2.24, 2.45) is 0 Å². The fraction of sp³-hybridized carbons (Fsp3) is 0.364. The maximum absolute atomic E-state index is 11.5. The van der Waals surface area contributed by atoms with Gasteiger partial charge in [0, 0.05) is 12.8 Å². The number of rotatable bonds is 5. The Morgan fingerprint density at radius 2 is 2.12 bits per heavy atom. The average molecular weight is 257 g/mol. The quantitative estimate of drug-likeness (QED) is 0.792. The molecule has 0 radical (unpaired) electrons. The number of nitrogens with one attached hydrogen (secondary N) is 1. The minimum Gasteiger partial charge on any atom is -0.481 e. The Hall–Kier alpha value is -1.62.